The van der Waals surface area contributed by atoms with Gasteiger partial charge in [-0.15, -0.1) is 0 Å². The number of aryl methyl sites for hydroxylation is 1. The number of rotatable bonds is 6. The summed E-state index contributed by atoms with van der Waals surface area (Å²) in [6.45, 7) is 12.7. The predicted octanol–water partition coefficient (Wildman–Crippen LogP) is 4.57. The first-order valence-corrected chi connectivity index (χ1v) is 10.6. The molecule has 0 bridgehead atoms. The summed E-state index contributed by atoms with van der Waals surface area (Å²) >= 11 is 0. The fraction of sp³-hybridized carbons (Fsp3) is 0.583. The van der Waals surface area contributed by atoms with E-state index in [4.69, 9.17) is 4.98 Å². The molecule has 0 aliphatic carbocycles. The van der Waals surface area contributed by atoms with Crippen molar-refractivity contribution in [1.29, 1.82) is 0 Å². The molecular formula is C24H36N4O. The van der Waals surface area contributed by atoms with Crippen LogP contribution in [-0.2, 0) is 6.42 Å². The van der Waals surface area contributed by atoms with Crippen LogP contribution < -0.4 is 10.6 Å². The van der Waals surface area contributed by atoms with Crippen molar-refractivity contribution in [2.75, 3.05) is 5.32 Å². The van der Waals surface area contributed by atoms with Gasteiger partial charge >= 0.3 is 0 Å². The first kappa shape index (κ1) is 21.7. The third kappa shape index (κ3) is 6.25. The van der Waals surface area contributed by atoms with Gasteiger partial charge in [-0.05, 0) is 78.9 Å². The van der Waals surface area contributed by atoms with E-state index >= 15 is 0 Å². The summed E-state index contributed by atoms with van der Waals surface area (Å²) in [5.41, 5.74) is 2.68. The molecule has 0 unspecified atom stereocenters. The minimum Gasteiger partial charge on any atom is -0.390 e. The van der Waals surface area contributed by atoms with Crippen molar-refractivity contribution >= 4 is 5.95 Å². The zero-order valence-electron chi connectivity index (χ0n) is 18.7. The summed E-state index contributed by atoms with van der Waals surface area (Å²) in [5, 5.41) is 17.4. The molecule has 1 fully saturated rings. The van der Waals surface area contributed by atoms with E-state index in [1.807, 2.05) is 38.2 Å². The lowest BCUT2D eigenvalue weighted by molar-refractivity contribution is 0.0714. The molecule has 3 N–H and O–H groups in total. The minimum atomic E-state index is -0.680. The van der Waals surface area contributed by atoms with Crippen LogP contribution in [0.2, 0.25) is 0 Å². The second kappa shape index (κ2) is 8.04. The number of aliphatic hydroxyl groups is 1. The quantitative estimate of drug-likeness (QED) is 0.667. The normalized spacial score (nSPS) is 19.1. The third-order valence-corrected chi connectivity index (χ3v) is 5.48. The van der Waals surface area contributed by atoms with Crippen LogP contribution >= 0.6 is 0 Å². The molecule has 2 heterocycles. The van der Waals surface area contributed by atoms with Gasteiger partial charge in [-0.1, -0.05) is 24.3 Å². The van der Waals surface area contributed by atoms with Gasteiger partial charge in [-0.2, -0.15) is 0 Å². The molecule has 29 heavy (non-hydrogen) atoms. The number of anilines is 1. The maximum absolute atomic E-state index is 10.1. The van der Waals surface area contributed by atoms with E-state index in [1.165, 1.54) is 5.56 Å². The first-order valence-electron chi connectivity index (χ1n) is 10.6. The summed E-state index contributed by atoms with van der Waals surface area (Å²) in [4.78, 5) is 9.32. The van der Waals surface area contributed by atoms with E-state index in [2.05, 4.69) is 55.4 Å². The van der Waals surface area contributed by atoms with Crippen LogP contribution in [0, 0.1) is 0 Å². The smallest absolute Gasteiger partial charge is 0.223 e. The number of hydrogen-bond donors (Lipinski definition) is 3. The van der Waals surface area contributed by atoms with Crippen molar-refractivity contribution in [3.8, 4) is 11.3 Å². The predicted molar refractivity (Wildman–Crippen MR) is 120 cm³/mol. The number of piperidine rings is 1. The van der Waals surface area contributed by atoms with Gasteiger partial charge in [-0.25, -0.2) is 9.97 Å². The maximum Gasteiger partial charge on any atom is 0.223 e. The summed E-state index contributed by atoms with van der Waals surface area (Å²) < 4.78 is 0. The molecule has 1 aliphatic rings. The minimum absolute atomic E-state index is 0.0702. The number of nitrogens with one attached hydrogen (secondary N) is 2. The van der Waals surface area contributed by atoms with Crippen LogP contribution in [-0.4, -0.2) is 37.8 Å². The molecule has 5 heteroatoms. The zero-order valence-corrected chi connectivity index (χ0v) is 18.7. The van der Waals surface area contributed by atoms with Crippen LogP contribution in [0.25, 0.3) is 11.3 Å². The lowest BCUT2D eigenvalue weighted by Crippen LogP contribution is -2.60. The summed E-state index contributed by atoms with van der Waals surface area (Å²) in [6.07, 6.45) is 5.38. The van der Waals surface area contributed by atoms with E-state index in [0.717, 1.165) is 30.5 Å². The fourth-order valence-corrected chi connectivity index (χ4v) is 4.61. The summed E-state index contributed by atoms with van der Waals surface area (Å²) in [5.74, 6) is 0.679. The van der Waals surface area contributed by atoms with Gasteiger partial charge in [0.05, 0.1) is 11.3 Å². The van der Waals surface area contributed by atoms with E-state index in [1.54, 1.807) is 0 Å². The van der Waals surface area contributed by atoms with Crippen molar-refractivity contribution in [2.45, 2.75) is 89.9 Å². The van der Waals surface area contributed by atoms with E-state index in [-0.39, 0.29) is 11.1 Å². The Kier molecular flexibility index (Phi) is 6.02. The molecule has 0 amide bonds. The van der Waals surface area contributed by atoms with Gasteiger partial charge in [-0.3, -0.25) is 0 Å². The number of hydrogen-bond acceptors (Lipinski definition) is 5. The van der Waals surface area contributed by atoms with Crippen molar-refractivity contribution in [3.05, 3.63) is 42.1 Å². The van der Waals surface area contributed by atoms with Gasteiger partial charge in [0.2, 0.25) is 5.95 Å². The van der Waals surface area contributed by atoms with Crippen LogP contribution in [0.15, 0.2) is 36.5 Å². The molecule has 0 spiro atoms. The average Bonchev–Trinajstić information content (AvgIpc) is 2.57. The molecule has 5 nitrogen and oxygen atoms in total. The molecule has 0 saturated carbocycles. The topological polar surface area (TPSA) is 70.1 Å². The molecule has 1 saturated heterocycles. The van der Waals surface area contributed by atoms with Crippen molar-refractivity contribution in [2.24, 2.45) is 0 Å². The first-order chi connectivity index (χ1) is 13.4. The fourth-order valence-electron chi connectivity index (χ4n) is 4.61. The van der Waals surface area contributed by atoms with Gasteiger partial charge < -0.3 is 15.7 Å². The second-order valence-corrected chi connectivity index (χ2v) is 10.4. The third-order valence-electron chi connectivity index (χ3n) is 5.48. The number of nitrogens with zero attached hydrogens (tertiary/aromatic N) is 2. The Labute approximate surface area is 175 Å². The Balaban J connectivity index is 1.80. The monoisotopic (exact) mass is 396 g/mol. The van der Waals surface area contributed by atoms with Gasteiger partial charge in [0.1, 0.15) is 0 Å². The molecular weight excluding hydrogens is 360 g/mol. The molecule has 1 aromatic carbocycles. The van der Waals surface area contributed by atoms with Crippen LogP contribution in [0.3, 0.4) is 0 Å². The number of benzene rings is 1. The number of aromatic nitrogens is 2. The molecule has 3 rings (SSSR count). The molecule has 0 atom stereocenters. The van der Waals surface area contributed by atoms with E-state index in [0.29, 0.717) is 18.4 Å². The SMILES string of the molecule is CC(C)(O)CCc1ccccc1-c1ccnc(NC2CC(C)(C)NC(C)(C)C2)n1. The van der Waals surface area contributed by atoms with E-state index in [9.17, 15) is 5.11 Å². The van der Waals surface area contributed by atoms with Gasteiger partial charge in [0.15, 0.2) is 0 Å². The lowest BCUT2D eigenvalue weighted by Gasteiger charge is -2.46. The molecule has 2 aromatic rings. The van der Waals surface area contributed by atoms with Crippen molar-refractivity contribution in [1.82, 2.24) is 15.3 Å². The highest BCUT2D eigenvalue weighted by molar-refractivity contribution is 5.64. The summed E-state index contributed by atoms with van der Waals surface area (Å²) in [7, 11) is 0. The van der Waals surface area contributed by atoms with Crippen LogP contribution in [0.1, 0.15) is 66.4 Å². The Morgan fingerprint density at radius 3 is 2.41 bits per heavy atom. The highest BCUT2D eigenvalue weighted by Crippen LogP contribution is 2.30. The van der Waals surface area contributed by atoms with Gasteiger partial charge in [0, 0.05) is 28.9 Å². The zero-order chi connectivity index (χ0) is 21.3. The highest BCUT2D eigenvalue weighted by Gasteiger charge is 2.37. The summed E-state index contributed by atoms with van der Waals surface area (Å²) in [6, 6.07) is 10.6. The molecule has 1 aromatic heterocycles. The molecule has 1 aliphatic heterocycles. The lowest BCUT2D eigenvalue weighted by atomic mass is 9.80. The molecule has 0 radical (unpaired) electrons. The largest absolute Gasteiger partial charge is 0.390 e. The standard InChI is InChI=1S/C24H36N4O/c1-22(2)15-18(16-23(3,4)28-22)26-21-25-14-12-20(27-21)19-10-8-7-9-17(19)11-13-24(5,6)29/h7-10,12,14,18,28-29H,11,13,15-16H2,1-6H3,(H,25,26,27). The average molecular weight is 397 g/mol. The van der Waals surface area contributed by atoms with Gasteiger partial charge in [0.25, 0.3) is 0 Å². The second-order valence-electron chi connectivity index (χ2n) is 10.4. The molecule has 158 valence electrons. The Hall–Kier alpha value is -1.98. The van der Waals surface area contributed by atoms with E-state index < -0.39 is 5.60 Å². The maximum atomic E-state index is 10.1. The van der Waals surface area contributed by atoms with Crippen molar-refractivity contribution in [3.63, 3.8) is 0 Å². The Morgan fingerprint density at radius 1 is 1.10 bits per heavy atom. The van der Waals surface area contributed by atoms with Crippen LogP contribution in [0.4, 0.5) is 5.95 Å². The highest BCUT2D eigenvalue weighted by atomic mass is 16.3. The van der Waals surface area contributed by atoms with Crippen molar-refractivity contribution < 1.29 is 5.11 Å². The van der Waals surface area contributed by atoms with Crippen LogP contribution in [0.5, 0.6) is 0 Å². The Morgan fingerprint density at radius 2 is 1.76 bits per heavy atom. The Bertz CT molecular complexity index is 823.